The zero-order valence-electron chi connectivity index (χ0n) is 10.7. The zero-order valence-corrected chi connectivity index (χ0v) is 10.7. The molecule has 1 aromatic carbocycles. The number of rotatable bonds is 2. The van der Waals surface area contributed by atoms with Crippen LogP contribution in [0, 0.1) is 0 Å². The van der Waals surface area contributed by atoms with Gasteiger partial charge in [0.05, 0.1) is 6.10 Å². The van der Waals surface area contributed by atoms with E-state index in [1.54, 1.807) is 0 Å². The molecule has 4 nitrogen and oxygen atoms in total. The molecule has 0 radical (unpaired) electrons. The number of aliphatic hydroxyl groups is 1. The molecule has 1 aliphatic carbocycles. The second-order valence-corrected chi connectivity index (χ2v) is 5.27. The first-order valence-corrected chi connectivity index (χ1v) is 6.78. The summed E-state index contributed by atoms with van der Waals surface area (Å²) in [4.78, 5) is 15.3. The summed E-state index contributed by atoms with van der Waals surface area (Å²) >= 11 is 0. The standard InChI is InChI=1S/C15H18N2O2/c18-13-3-1-2-12(9-13)17-15(19)11-4-5-14-10(8-11)6-7-16-14/h4-8,12-13,16,18H,1-3,9H2,(H,17,19). The number of carbonyl (C=O) groups is 1. The summed E-state index contributed by atoms with van der Waals surface area (Å²) in [7, 11) is 0. The summed E-state index contributed by atoms with van der Waals surface area (Å²) in [5.41, 5.74) is 1.71. The third-order valence-corrected chi connectivity index (χ3v) is 3.80. The molecule has 100 valence electrons. The number of aliphatic hydroxyl groups excluding tert-OH is 1. The molecular formula is C15H18N2O2. The van der Waals surface area contributed by atoms with E-state index in [0.717, 1.165) is 30.2 Å². The van der Waals surface area contributed by atoms with Crippen molar-refractivity contribution in [2.24, 2.45) is 0 Å². The van der Waals surface area contributed by atoms with E-state index in [4.69, 9.17) is 0 Å². The SMILES string of the molecule is O=C(NC1CCCC(O)C1)c1ccc2[nH]ccc2c1. The smallest absolute Gasteiger partial charge is 0.251 e. The molecule has 2 unspecified atom stereocenters. The first-order valence-electron chi connectivity index (χ1n) is 6.78. The van der Waals surface area contributed by atoms with Crippen LogP contribution in [0.5, 0.6) is 0 Å². The van der Waals surface area contributed by atoms with Gasteiger partial charge in [-0.15, -0.1) is 0 Å². The summed E-state index contributed by atoms with van der Waals surface area (Å²) in [5, 5.41) is 13.7. The summed E-state index contributed by atoms with van der Waals surface area (Å²) in [6, 6.07) is 7.68. The predicted molar refractivity (Wildman–Crippen MR) is 74.0 cm³/mol. The molecule has 1 amide bonds. The first kappa shape index (κ1) is 12.2. The Morgan fingerprint density at radius 1 is 1.32 bits per heavy atom. The van der Waals surface area contributed by atoms with Crippen molar-refractivity contribution in [3.05, 3.63) is 36.0 Å². The van der Waals surface area contributed by atoms with Crippen LogP contribution < -0.4 is 5.32 Å². The van der Waals surface area contributed by atoms with E-state index in [-0.39, 0.29) is 18.1 Å². The fourth-order valence-corrected chi connectivity index (χ4v) is 2.76. The second kappa shape index (κ2) is 5.05. The lowest BCUT2D eigenvalue weighted by atomic mass is 9.93. The average Bonchev–Trinajstić information content (AvgIpc) is 2.85. The molecule has 1 aliphatic rings. The molecular weight excluding hydrogens is 240 g/mol. The molecule has 0 bridgehead atoms. The van der Waals surface area contributed by atoms with Gasteiger partial charge in [-0.25, -0.2) is 0 Å². The number of hydrogen-bond donors (Lipinski definition) is 3. The molecule has 0 spiro atoms. The fraction of sp³-hybridized carbons (Fsp3) is 0.400. The number of H-pyrrole nitrogens is 1. The van der Waals surface area contributed by atoms with Crippen molar-refractivity contribution in [2.45, 2.75) is 37.8 Å². The minimum absolute atomic E-state index is 0.0535. The van der Waals surface area contributed by atoms with Crippen LogP contribution in [-0.4, -0.2) is 28.1 Å². The molecule has 0 saturated heterocycles. The van der Waals surface area contributed by atoms with Crippen molar-refractivity contribution in [1.29, 1.82) is 0 Å². The molecule has 1 fully saturated rings. The van der Waals surface area contributed by atoms with E-state index >= 15 is 0 Å². The van der Waals surface area contributed by atoms with Gasteiger partial charge in [-0.2, -0.15) is 0 Å². The number of hydrogen-bond acceptors (Lipinski definition) is 2. The lowest BCUT2D eigenvalue weighted by Gasteiger charge is -2.26. The Bertz CT molecular complexity index is 591. The molecule has 19 heavy (non-hydrogen) atoms. The summed E-state index contributed by atoms with van der Waals surface area (Å²) in [6.07, 6.45) is 5.04. The number of nitrogens with one attached hydrogen (secondary N) is 2. The van der Waals surface area contributed by atoms with Gasteiger partial charge in [-0.05, 0) is 49.9 Å². The van der Waals surface area contributed by atoms with E-state index in [1.807, 2.05) is 30.5 Å². The number of amides is 1. The largest absolute Gasteiger partial charge is 0.393 e. The Hall–Kier alpha value is -1.81. The van der Waals surface area contributed by atoms with E-state index in [9.17, 15) is 9.90 Å². The molecule has 1 aromatic heterocycles. The first-order chi connectivity index (χ1) is 9.22. The maximum Gasteiger partial charge on any atom is 0.251 e. The van der Waals surface area contributed by atoms with E-state index in [0.29, 0.717) is 12.0 Å². The highest BCUT2D eigenvalue weighted by Gasteiger charge is 2.22. The van der Waals surface area contributed by atoms with E-state index in [2.05, 4.69) is 10.3 Å². The topological polar surface area (TPSA) is 65.1 Å². The van der Waals surface area contributed by atoms with E-state index in [1.165, 1.54) is 0 Å². The molecule has 3 N–H and O–H groups in total. The molecule has 4 heteroatoms. The number of aromatic amines is 1. The Morgan fingerprint density at radius 2 is 2.21 bits per heavy atom. The van der Waals surface area contributed by atoms with Crippen molar-refractivity contribution >= 4 is 16.8 Å². The third kappa shape index (κ3) is 2.63. The molecule has 0 aliphatic heterocycles. The van der Waals surface area contributed by atoms with Gasteiger partial charge in [0.2, 0.25) is 0 Å². The van der Waals surface area contributed by atoms with Gasteiger partial charge < -0.3 is 15.4 Å². The maximum absolute atomic E-state index is 12.2. The Labute approximate surface area is 111 Å². The number of fused-ring (bicyclic) bond motifs is 1. The van der Waals surface area contributed by atoms with Crippen LogP contribution in [0.2, 0.25) is 0 Å². The van der Waals surface area contributed by atoms with Crippen LogP contribution in [0.4, 0.5) is 0 Å². The number of benzene rings is 1. The predicted octanol–water partition coefficient (Wildman–Crippen LogP) is 2.20. The lowest BCUT2D eigenvalue weighted by molar-refractivity contribution is 0.0850. The fourth-order valence-electron chi connectivity index (χ4n) is 2.76. The zero-order chi connectivity index (χ0) is 13.2. The van der Waals surface area contributed by atoms with Crippen LogP contribution in [0.1, 0.15) is 36.0 Å². The van der Waals surface area contributed by atoms with Crippen LogP contribution in [0.3, 0.4) is 0 Å². The minimum atomic E-state index is -0.272. The van der Waals surface area contributed by atoms with Crippen molar-refractivity contribution in [2.75, 3.05) is 0 Å². The highest BCUT2D eigenvalue weighted by atomic mass is 16.3. The quantitative estimate of drug-likeness (QED) is 0.773. The summed E-state index contributed by atoms with van der Waals surface area (Å²) in [5.74, 6) is -0.0535. The summed E-state index contributed by atoms with van der Waals surface area (Å²) < 4.78 is 0. The van der Waals surface area contributed by atoms with Gasteiger partial charge in [0, 0.05) is 28.7 Å². The molecule has 2 aromatic rings. The maximum atomic E-state index is 12.2. The normalized spacial score (nSPS) is 23.4. The molecule has 1 heterocycles. The molecule has 3 rings (SSSR count). The third-order valence-electron chi connectivity index (χ3n) is 3.80. The van der Waals surface area contributed by atoms with Crippen molar-refractivity contribution in [1.82, 2.24) is 10.3 Å². The Balaban J connectivity index is 1.72. The van der Waals surface area contributed by atoms with Crippen molar-refractivity contribution in [3.8, 4) is 0 Å². The van der Waals surface area contributed by atoms with Crippen molar-refractivity contribution < 1.29 is 9.90 Å². The highest BCUT2D eigenvalue weighted by molar-refractivity contribution is 5.98. The Morgan fingerprint density at radius 3 is 3.05 bits per heavy atom. The molecule has 1 saturated carbocycles. The summed E-state index contributed by atoms with van der Waals surface area (Å²) in [6.45, 7) is 0. The van der Waals surface area contributed by atoms with Crippen LogP contribution in [0.15, 0.2) is 30.5 Å². The average molecular weight is 258 g/mol. The van der Waals surface area contributed by atoms with Gasteiger partial charge in [-0.3, -0.25) is 4.79 Å². The number of aromatic nitrogens is 1. The second-order valence-electron chi connectivity index (χ2n) is 5.27. The highest BCUT2D eigenvalue weighted by Crippen LogP contribution is 2.19. The van der Waals surface area contributed by atoms with Gasteiger partial charge in [0.25, 0.3) is 5.91 Å². The Kier molecular flexibility index (Phi) is 3.25. The van der Waals surface area contributed by atoms with Gasteiger partial charge in [-0.1, -0.05) is 0 Å². The van der Waals surface area contributed by atoms with Gasteiger partial charge in [0.1, 0.15) is 0 Å². The van der Waals surface area contributed by atoms with Gasteiger partial charge >= 0.3 is 0 Å². The van der Waals surface area contributed by atoms with Crippen LogP contribution in [0.25, 0.3) is 10.9 Å². The van der Waals surface area contributed by atoms with Crippen LogP contribution >= 0.6 is 0 Å². The molecule has 2 atom stereocenters. The monoisotopic (exact) mass is 258 g/mol. The van der Waals surface area contributed by atoms with Crippen LogP contribution in [-0.2, 0) is 0 Å². The minimum Gasteiger partial charge on any atom is -0.393 e. The van der Waals surface area contributed by atoms with E-state index < -0.39 is 0 Å². The lowest BCUT2D eigenvalue weighted by Crippen LogP contribution is -2.39. The number of carbonyl (C=O) groups excluding carboxylic acids is 1. The van der Waals surface area contributed by atoms with Crippen molar-refractivity contribution in [3.63, 3.8) is 0 Å². The van der Waals surface area contributed by atoms with Gasteiger partial charge in [0.15, 0.2) is 0 Å².